The summed E-state index contributed by atoms with van der Waals surface area (Å²) in [5.74, 6) is -0.767. The molecule has 1 N–H and O–H groups in total. The maximum Gasteiger partial charge on any atom is 0.362 e. The van der Waals surface area contributed by atoms with Gasteiger partial charge in [0.1, 0.15) is 12.4 Å². The summed E-state index contributed by atoms with van der Waals surface area (Å²) in [6.45, 7) is 7.36. The van der Waals surface area contributed by atoms with Crippen LogP contribution in [0.25, 0.3) is 0 Å². The molecule has 0 saturated carbocycles. The van der Waals surface area contributed by atoms with Gasteiger partial charge in [-0.05, 0) is 68.9 Å². The molecule has 5 nitrogen and oxygen atoms in total. The van der Waals surface area contributed by atoms with E-state index in [9.17, 15) is 14.0 Å². The molecule has 2 aromatic carbocycles. The number of piperidine rings is 1. The maximum absolute atomic E-state index is 13.6. The molecule has 0 bridgehead atoms. The molecule has 1 amide bonds. The Labute approximate surface area is 183 Å². The van der Waals surface area contributed by atoms with Gasteiger partial charge in [0, 0.05) is 5.69 Å². The van der Waals surface area contributed by atoms with Crippen molar-refractivity contribution in [2.75, 3.05) is 25.0 Å². The van der Waals surface area contributed by atoms with Crippen LogP contribution in [0.4, 0.5) is 10.1 Å². The molecule has 166 valence electrons. The van der Waals surface area contributed by atoms with Crippen LogP contribution in [-0.2, 0) is 20.9 Å². The Hall–Kier alpha value is -2.73. The normalized spacial score (nSPS) is 16.4. The summed E-state index contributed by atoms with van der Waals surface area (Å²) < 4.78 is 19.5. The molecule has 2 aromatic rings. The van der Waals surface area contributed by atoms with E-state index in [-0.39, 0.29) is 30.8 Å². The quantitative estimate of drug-likeness (QED) is 0.522. The fraction of sp³-hybridized carbons (Fsp3) is 0.440. The van der Waals surface area contributed by atoms with Gasteiger partial charge in [-0.25, -0.2) is 9.18 Å². The number of likely N-dealkylation sites (tertiary alicyclic amines) is 1. The average Bonchev–Trinajstić information content (AvgIpc) is 2.75. The SMILES string of the molecule is Cc1cc(F)cc(C)c1NC(=O)C(C)[N+]1(CC(=O)OCc2ccccc2)CCCCC1. The van der Waals surface area contributed by atoms with Crippen LogP contribution in [0.5, 0.6) is 0 Å². The Kier molecular flexibility index (Phi) is 7.44. The van der Waals surface area contributed by atoms with Crippen molar-refractivity contribution in [2.45, 2.75) is 52.7 Å². The standard InChI is InChI=1S/C25H31FN2O3/c1-18-14-22(26)15-19(2)24(18)27-25(30)20(3)28(12-8-5-9-13-28)16-23(29)31-17-21-10-6-4-7-11-21/h4,6-7,10-11,14-15,20H,5,8-9,12-13,16-17H2,1-3H3/p+1. The van der Waals surface area contributed by atoms with Crippen LogP contribution in [0.3, 0.4) is 0 Å². The van der Waals surface area contributed by atoms with E-state index in [1.165, 1.54) is 12.1 Å². The largest absolute Gasteiger partial charge is 0.457 e. The zero-order valence-electron chi connectivity index (χ0n) is 18.6. The molecular weight excluding hydrogens is 395 g/mol. The molecule has 1 fully saturated rings. The molecule has 1 unspecified atom stereocenters. The molecule has 1 aliphatic rings. The molecule has 1 atom stereocenters. The number of rotatable bonds is 7. The van der Waals surface area contributed by atoms with Gasteiger partial charge < -0.3 is 14.5 Å². The molecule has 3 rings (SSSR count). The third-order valence-electron chi connectivity index (χ3n) is 6.34. The fourth-order valence-electron chi connectivity index (χ4n) is 4.45. The fourth-order valence-corrected chi connectivity index (χ4v) is 4.45. The maximum atomic E-state index is 13.6. The summed E-state index contributed by atoms with van der Waals surface area (Å²) in [6.07, 6.45) is 3.04. The van der Waals surface area contributed by atoms with Crippen LogP contribution < -0.4 is 5.32 Å². The van der Waals surface area contributed by atoms with Crippen molar-refractivity contribution in [3.8, 4) is 0 Å². The van der Waals surface area contributed by atoms with Crippen LogP contribution in [0.15, 0.2) is 42.5 Å². The molecule has 6 heteroatoms. The second-order valence-electron chi connectivity index (χ2n) is 8.61. The van der Waals surface area contributed by atoms with E-state index in [4.69, 9.17) is 4.74 Å². The molecule has 0 radical (unpaired) electrons. The molecule has 31 heavy (non-hydrogen) atoms. The number of carbonyl (C=O) groups is 2. The lowest BCUT2D eigenvalue weighted by atomic mass is 10.0. The predicted octanol–water partition coefficient (Wildman–Crippen LogP) is 4.51. The number of nitrogens with one attached hydrogen (secondary N) is 1. The van der Waals surface area contributed by atoms with Crippen molar-refractivity contribution in [2.24, 2.45) is 0 Å². The Morgan fingerprint density at radius 2 is 1.68 bits per heavy atom. The summed E-state index contributed by atoms with van der Waals surface area (Å²) in [4.78, 5) is 25.9. The Balaban J connectivity index is 1.71. The Morgan fingerprint density at radius 3 is 2.29 bits per heavy atom. The van der Waals surface area contributed by atoms with Crippen molar-refractivity contribution in [3.05, 3.63) is 65.0 Å². The van der Waals surface area contributed by atoms with Crippen LogP contribution in [0.2, 0.25) is 0 Å². The summed E-state index contributed by atoms with van der Waals surface area (Å²) in [5.41, 5.74) is 2.95. The van der Waals surface area contributed by atoms with E-state index in [1.807, 2.05) is 37.3 Å². The zero-order chi connectivity index (χ0) is 22.4. The summed E-state index contributed by atoms with van der Waals surface area (Å²) in [6, 6.07) is 12.0. The minimum atomic E-state index is -0.423. The number of esters is 1. The topological polar surface area (TPSA) is 55.4 Å². The van der Waals surface area contributed by atoms with Crippen molar-refractivity contribution >= 4 is 17.6 Å². The molecule has 1 aliphatic heterocycles. The van der Waals surface area contributed by atoms with Gasteiger partial charge in [0.2, 0.25) is 0 Å². The predicted molar refractivity (Wildman–Crippen MR) is 119 cm³/mol. The van der Waals surface area contributed by atoms with Crippen LogP contribution in [0, 0.1) is 19.7 Å². The smallest absolute Gasteiger partial charge is 0.362 e. The van der Waals surface area contributed by atoms with Crippen molar-refractivity contribution in [1.29, 1.82) is 0 Å². The zero-order valence-corrected chi connectivity index (χ0v) is 18.6. The van der Waals surface area contributed by atoms with Gasteiger partial charge in [-0.3, -0.25) is 4.79 Å². The highest BCUT2D eigenvalue weighted by atomic mass is 19.1. The number of anilines is 1. The number of hydrogen-bond acceptors (Lipinski definition) is 3. The number of benzene rings is 2. The lowest BCUT2D eigenvalue weighted by Crippen LogP contribution is -2.63. The van der Waals surface area contributed by atoms with Gasteiger partial charge in [0.25, 0.3) is 5.91 Å². The van der Waals surface area contributed by atoms with Gasteiger partial charge in [-0.2, -0.15) is 0 Å². The number of halogens is 1. The lowest BCUT2D eigenvalue weighted by Gasteiger charge is -2.44. The number of nitrogens with zero attached hydrogens (tertiary/aromatic N) is 1. The molecule has 0 aromatic heterocycles. The minimum absolute atomic E-state index is 0.157. The van der Waals surface area contributed by atoms with E-state index in [2.05, 4.69) is 5.32 Å². The number of ether oxygens (including phenoxy) is 1. The molecule has 1 heterocycles. The first-order valence-corrected chi connectivity index (χ1v) is 10.9. The van der Waals surface area contributed by atoms with E-state index in [1.54, 1.807) is 13.8 Å². The van der Waals surface area contributed by atoms with Crippen LogP contribution in [0.1, 0.15) is 42.9 Å². The first kappa shape index (κ1) is 22.9. The van der Waals surface area contributed by atoms with Crippen molar-refractivity contribution < 1.29 is 23.2 Å². The molecular formula is C25H32FN2O3+. The Bertz CT molecular complexity index is 901. The van der Waals surface area contributed by atoms with Gasteiger partial charge >= 0.3 is 5.97 Å². The van der Waals surface area contributed by atoms with Gasteiger partial charge in [-0.1, -0.05) is 30.3 Å². The number of carbonyl (C=O) groups excluding carboxylic acids is 2. The number of amides is 1. The Morgan fingerprint density at radius 1 is 1.06 bits per heavy atom. The number of quaternary nitrogens is 1. The highest BCUT2D eigenvalue weighted by Crippen LogP contribution is 2.26. The minimum Gasteiger partial charge on any atom is -0.457 e. The molecule has 1 saturated heterocycles. The van der Waals surface area contributed by atoms with Crippen molar-refractivity contribution in [3.63, 3.8) is 0 Å². The summed E-state index contributed by atoms with van der Waals surface area (Å²) >= 11 is 0. The first-order chi connectivity index (χ1) is 14.8. The third kappa shape index (κ3) is 5.70. The molecule has 0 aliphatic carbocycles. The molecule has 0 spiro atoms. The van der Waals surface area contributed by atoms with Gasteiger partial charge in [0.05, 0.1) is 13.1 Å². The average molecular weight is 428 g/mol. The van der Waals surface area contributed by atoms with Crippen LogP contribution in [-0.4, -0.2) is 42.0 Å². The van der Waals surface area contributed by atoms with E-state index in [0.717, 1.165) is 37.9 Å². The highest BCUT2D eigenvalue weighted by Gasteiger charge is 2.42. The second kappa shape index (κ2) is 10.1. The number of hydrogen-bond donors (Lipinski definition) is 1. The van der Waals surface area contributed by atoms with Gasteiger partial charge in [0.15, 0.2) is 12.6 Å². The highest BCUT2D eigenvalue weighted by molar-refractivity contribution is 5.95. The van der Waals surface area contributed by atoms with E-state index in [0.29, 0.717) is 21.3 Å². The summed E-state index contributed by atoms with van der Waals surface area (Å²) in [5, 5.41) is 2.99. The van der Waals surface area contributed by atoms with Gasteiger partial charge in [-0.15, -0.1) is 0 Å². The number of aryl methyl sites for hydroxylation is 2. The van der Waals surface area contributed by atoms with Crippen molar-refractivity contribution in [1.82, 2.24) is 0 Å². The van der Waals surface area contributed by atoms with Crippen LogP contribution >= 0.6 is 0 Å². The van der Waals surface area contributed by atoms with E-state index < -0.39 is 6.04 Å². The second-order valence-corrected chi connectivity index (χ2v) is 8.61. The third-order valence-corrected chi connectivity index (χ3v) is 6.34. The lowest BCUT2D eigenvalue weighted by molar-refractivity contribution is -0.938. The monoisotopic (exact) mass is 427 g/mol. The van der Waals surface area contributed by atoms with E-state index >= 15 is 0 Å². The first-order valence-electron chi connectivity index (χ1n) is 10.9. The summed E-state index contributed by atoms with van der Waals surface area (Å²) in [7, 11) is 0.